The highest BCUT2D eigenvalue weighted by Gasteiger charge is 2.17. The van der Waals surface area contributed by atoms with Crippen LogP contribution in [0.15, 0.2) is 53.5 Å². The molecule has 12 heteroatoms. The van der Waals surface area contributed by atoms with Crippen LogP contribution in [-0.2, 0) is 36.8 Å². The number of benzene rings is 2. The van der Waals surface area contributed by atoms with Gasteiger partial charge in [-0.25, -0.2) is 0 Å². The van der Waals surface area contributed by atoms with Crippen molar-refractivity contribution in [2.24, 2.45) is 10.7 Å². The van der Waals surface area contributed by atoms with E-state index < -0.39 is 23.1 Å². The van der Waals surface area contributed by atoms with Gasteiger partial charge in [0.2, 0.25) is 0 Å². The SMILES string of the molecule is CCCc1cccc(OC(=O)CC(CCCN=C(N)CC(=O)Oc2cccc(CCO[N+](=O)[O-])c2)OC=O)c1. The highest BCUT2D eigenvalue weighted by Crippen LogP contribution is 2.17. The van der Waals surface area contributed by atoms with Crippen LogP contribution < -0.4 is 15.2 Å². The molecule has 0 aromatic heterocycles. The van der Waals surface area contributed by atoms with E-state index in [9.17, 15) is 24.5 Å². The third-order valence-electron chi connectivity index (χ3n) is 5.35. The first-order chi connectivity index (χ1) is 18.8. The lowest BCUT2D eigenvalue weighted by atomic mass is 10.1. The second kappa shape index (κ2) is 17.1. The van der Waals surface area contributed by atoms with Crippen LogP contribution in [0.4, 0.5) is 0 Å². The molecule has 0 saturated heterocycles. The van der Waals surface area contributed by atoms with Crippen molar-refractivity contribution >= 4 is 24.2 Å². The van der Waals surface area contributed by atoms with Gasteiger partial charge in [-0.1, -0.05) is 37.6 Å². The Bertz CT molecular complexity index is 1140. The fourth-order valence-electron chi connectivity index (χ4n) is 3.62. The molecule has 12 nitrogen and oxygen atoms in total. The van der Waals surface area contributed by atoms with Crippen molar-refractivity contribution in [3.63, 3.8) is 0 Å². The zero-order valence-corrected chi connectivity index (χ0v) is 21.8. The molecule has 2 N–H and O–H groups in total. The predicted molar refractivity (Wildman–Crippen MR) is 141 cm³/mol. The minimum absolute atomic E-state index is 0.0646. The van der Waals surface area contributed by atoms with Gasteiger partial charge < -0.3 is 24.8 Å². The molecular weight excluding hydrogens is 510 g/mol. The minimum Gasteiger partial charge on any atom is -0.464 e. The lowest BCUT2D eigenvalue weighted by Gasteiger charge is -2.14. The number of rotatable bonds is 18. The fourth-order valence-corrected chi connectivity index (χ4v) is 3.62. The summed E-state index contributed by atoms with van der Waals surface area (Å²) in [4.78, 5) is 54.1. The van der Waals surface area contributed by atoms with E-state index in [1.165, 1.54) is 0 Å². The Morgan fingerprint density at radius 3 is 2.31 bits per heavy atom. The number of hydrogen-bond donors (Lipinski definition) is 1. The molecule has 0 fully saturated rings. The van der Waals surface area contributed by atoms with E-state index in [1.54, 1.807) is 30.3 Å². The number of hydrogen-bond acceptors (Lipinski definition) is 10. The van der Waals surface area contributed by atoms with Gasteiger partial charge in [-0.05, 0) is 61.1 Å². The van der Waals surface area contributed by atoms with E-state index in [4.69, 9.17) is 19.9 Å². The Morgan fingerprint density at radius 1 is 1.05 bits per heavy atom. The smallest absolute Gasteiger partial charge is 0.318 e. The average Bonchev–Trinajstić information content (AvgIpc) is 2.87. The largest absolute Gasteiger partial charge is 0.464 e. The number of esters is 2. The van der Waals surface area contributed by atoms with Crippen LogP contribution in [0, 0.1) is 10.1 Å². The minimum atomic E-state index is -0.871. The standard InChI is InChI=1S/C27H33N3O9/c1-2-6-20-7-3-9-23(15-20)38-26(32)17-22(36-19-31)11-5-13-29-25(28)18-27(33)39-24-10-4-8-21(16-24)12-14-37-30(34)35/h3-4,7-10,15-16,19,22H,2,5-6,11-14,17-18H2,1H3,(H2,28,29). The summed E-state index contributed by atoms with van der Waals surface area (Å²) in [5.41, 5.74) is 7.60. The molecule has 0 aliphatic rings. The molecule has 1 unspecified atom stereocenters. The third kappa shape index (κ3) is 13.0. The van der Waals surface area contributed by atoms with Crippen LogP contribution in [0.1, 0.15) is 50.2 Å². The molecule has 39 heavy (non-hydrogen) atoms. The molecule has 0 radical (unpaired) electrons. The molecule has 0 amide bonds. The van der Waals surface area contributed by atoms with Gasteiger partial charge in [-0.3, -0.25) is 19.4 Å². The fraction of sp³-hybridized carbons (Fsp3) is 0.407. The quantitative estimate of drug-likeness (QED) is 0.0430. The molecule has 0 bridgehead atoms. The molecule has 1 atom stereocenters. The first-order valence-electron chi connectivity index (χ1n) is 12.5. The molecule has 0 aliphatic carbocycles. The van der Waals surface area contributed by atoms with Gasteiger partial charge in [0.05, 0.1) is 6.42 Å². The molecule has 2 aromatic carbocycles. The van der Waals surface area contributed by atoms with Gasteiger partial charge in [-0.2, -0.15) is 0 Å². The monoisotopic (exact) mass is 543 g/mol. The van der Waals surface area contributed by atoms with Crippen molar-refractivity contribution < 1.29 is 38.5 Å². The van der Waals surface area contributed by atoms with Gasteiger partial charge in [0.25, 0.3) is 11.6 Å². The predicted octanol–water partition coefficient (Wildman–Crippen LogP) is 3.36. The zero-order chi connectivity index (χ0) is 28.5. The summed E-state index contributed by atoms with van der Waals surface area (Å²) in [7, 11) is 0. The summed E-state index contributed by atoms with van der Waals surface area (Å²) in [5, 5.41) is 9.37. The molecule has 0 heterocycles. The summed E-state index contributed by atoms with van der Waals surface area (Å²) < 4.78 is 15.7. The Hall–Kier alpha value is -4.48. The number of aliphatic imine (C=N–C) groups is 1. The van der Waals surface area contributed by atoms with Crippen molar-refractivity contribution in [2.75, 3.05) is 13.2 Å². The first kappa shape index (κ1) is 30.7. The molecule has 0 saturated carbocycles. The lowest BCUT2D eigenvalue weighted by Crippen LogP contribution is -2.22. The van der Waals surface area contributed by atoms with Gasteiger partial charge in [0, 0.05) is 6.54 Å². The Morgan fingerprint density at radius 2 is 1.69 bits per heavy atom. The second-order valence-electron chi connectivity index (χ2n) is 8.55. The van der Waals surface area contributed by atoms with Gasteiger partial charge in [0.15, 0.2) is 0 Å². The maximum absolute atomic E-state index is 12.3. The summed E-state index contributed by atoms with van der Waals surface area (Å²) in [6.45, 7) is 2.49. The Labute approximate surface area is 226 Å². The molecule has 0 aliphatic heterocycles. The lowest BCUT2D eigenvalue weighted by molar-refractivity contribution is -0.757. The first-order valence-corrected chi connectivity index (χ1v) is 12.5. The van der Waals surface area contributed by atoms with Crippen LogP contribution in [0.5, 0.6) is 11.5 Å². The normalized spacial score (nSPS) is 11.8. The summed E-state index contributed by atoms with van der Waals surface area (Å²) in [6.07, 6.45) is 1.87. The van der Waals surface area contributed by atoms with Crippen LogP contribution >= 0.6 is 0 Å². The number of amidine groups is 1. The molecule has 0 spiro atoms. The highest BCUT2D eigenvalue weighted by molar-refractivity contribution is 5.97. The average molecular weight is 544 g/mol. The number of nitrogens with two attached hydrogens (primary N) is 1. The summed E-state index contributed by atoms with van der Waals surface area (Å²) in [5.74, 6) is -0.367. The van der Waals surface area contributed by atoms with E-state index in [2.05, 4.69) is 16.8 Å². The van der Waals surface area contributed by atoms with Gasteiger partial charge >= 0.3 is 11.9 Å². The van der Waals surface area contributed by atoms with Crippen molar-refractivity contribution in [1.82, 2.24) is 0 Å². The Kier molecular flexibility index (Phi) is 13.5. The molecule has 2 aromatic rings. The Balaban J connectivity index is 1.75. The number of carbonyl (C=O) groups excluding carboxylic acids is 3. The van der Waals surface area contributed by atoms with Crippen LogP contribution in [0.3, 0.4) is 0 Å². The molecular formula is C27H33N3O9. The van der Waals surface area contributed by atoms with Gasteiger partial charge in [0.1, 0.15) is 36.5 Å². The second-order valence-corrected chi connectivity index (χ2v) is 8.55. The third-order valence-corrected chi connectivity index (χ3v) is 5.35. The summed E-state index contributed by atoms with van der Waals surface area (Å²) in [6, 6.07) is 13.8. The zero-order valence-electron chi connectivity index (χ0n) is 21.8. The van der Waals surface area contributed by atoms with Crippen molar-refractivity contribution in [2.45, 2.75) is 58.0 Å². The summed E-state index contributed by atoms with van der Waals surface area (Å²) >= 11 is 0. The number of ether oxygens (including phenoxy) is 3. The van der Waals surface area contributed by atoms with E-state index in [0.717, 1.165) is 18.4 Å². The highest BCUT2D eigenvalue weighted by atomic mass is 16.9. The molecule has 2 rings (SSSR count). The van der Waals surface area contributed by atoms with E-state index in [-0.39, 0.29) is 50.5 Å². The van der Waals surface area contributed by atoms with Crippen molar-refractivity contribution in [1.29, 1.82) is 0 Å². The van der Waals surface area contributed by atoms with E-state index >= 15 is 0 Å². The number of nitrogens with zero attached hydrogens (tertiary/aromatic N) is 2. The van der Waals surface area contributed by atoms with E-state index in [0.29, 0.717) is 24.2 Å². The van der Waals surface area contributed by atoms with Crippen LogP contribution in [-0.4, -0.2) is 48.6 Å². The topological polar surface area (TPSA) is 170 Å². The number of aryl methyl sites for hydroxylation is 1. The van der Waals surface area contributed by atoms with E-state index in [1.807, 2.05) is 18.2 Å². The van der Waals surface area contributed by atoms with Crippen molar-refractivity contribution in [3.8, 4) is 11.5 Å². The van der Waals surface area contributed by atoms with Crippen LogP contribution in [0.25, 0.3) is 0 Å². The maximum atomic E-state index is 12.3. The van der Waals surface area contributed by atoms with Gasteiger partial charge in [-0.15, -0.1) is 10.1 Å². The van der Waals surface area contributed by atoms with Crippen LogP contribution in [0.2, 0.25) is 0 Å². The molecule has 210 valence electrons. The number of carbonyl (C=O) groups is 3. The maximum Gasteiger partial charge on any atom is 0.318 e. The van der Waals surface area contributed by atoms with Crippen molar-refractivity contribution in [3.05, 3.63) is 69.8 Å².